The second-order valence-electron chi connectivity index (χ2n) is 8.75. The van der Waals surface area contributed by atoms with E-state index in [-0.39, 0.29) is 22.2 Å². The van der Waals surface area contributed by atoms with Crippen LogP contribution in [0.25, 0.3) is 6.08 Å². The molecular weight excluding hydrogens is 605 g/mol. The topological polar surface area (TPSA) is 113 Å². The van der Waals surface area contributed by atoms with Gasteiger partial charge in [-0.3, -0.25) is 14.5 Å². The quantitative estimate of drug-likeness (QED) is 0.116. The second-order valence-corrected chi connectivity index (χ2v) is 11.8. The molecule has 12 heteroatoms. The summed E-state index contributed by atoms with van der Waals surface area (Å²) in [5.41, 5.74) is 1.91. The molecular formula is C29H21Cl2N3O5S2. The van der Waals surface area contributed by atoms with Gasteiger partial charge in [-0.1, -0.05) is 94.8 Å². The summed E-state index contributed by atoms with van der Waals surface area (Å²) in [6, 6.07) is 17.8. The van der Waals surface area contributed by atoms with Gasteiger partial charge in [-0.25, -0.2) is 0 Å². The Morgan fingerprint density at radius 1 is 1.10 bits per heavy atom. The van der Waals surface area contributed by atoms with E-state index in [4.69, 9.17) is 27.9 Å². The van der Waals surface area contributed by atoms with Crippen molar-refractivity contribution in [2.45, 2.75) is 16.1 Å². The number of carbonyl (C=O) groups is 2. The Hall–Kier alpha value is -3.83. The van der Waals surface area contributed by atoms with E-state index in [1.54, 1.807) is 24.3 Å². The maximum atomic E-state index is 13.5. The standard InChI is InChI=1S/C29H21Cl2N3O5S2/c1-39-23-13-17(9-12-21(23)35)25-24(22(36)11-7-16-5-3-2-4-6-16)26(37)27(38)34(25)28-32-33-29(41-28)40-15-18-8-10-19(30)14-20(18)31/h2-14,25,35,37H,15H2,1H3/b11-7+. The minimum atomic E-state index is -1.05. The number of aliphatic hydroxyl groups is 1. The van der Waals surface area contributed by atoms with Crippen molar-refractivity contribution in [3.05, 3.63) is 111 Å². The number of ether oxygens (including phenoxy) is 1. The first kappa shape index (κ1) is 28.7. The van der Waals surface area contributed by atoms with E-state index < -0.39 is 23.5 Å². The molecule has 2 N–H and O–H groups in total. The Labute approximate surface area is 253 Å². The lowest BCUT2D eigenvalue weighted by Crippen LogP contribution is -2.30. The third-order valence-electron chi connectivity index (χ3n) is 6.19. The molecule has 1 aromatic heterocycles. The summed E-state index contributed by atoms with van der Waals surface area (Å²) in [7, 11) is 1.39. The number of aromatic hydroxyl groups is 1. The van der Waals surface area contributed by atoms with E-state index >= 15 is 0 Å². The highest BCUT2D eigenvalue weighted by Gasteiger charge is 2.45. The second kappa shape index (κ2) is 12.4. The number of nitrogens with zero attached hydrogens (tertiary/aromatic N) is 3. The van der Waals surface area contributed by atoms with E-state index in [1.807, 2.05) is 36.4 Å². The van der Waals surface area contributed by atoms with Crippen molar-refractivity contribution in [2.75, 3.05) is 12.0 Å². The van der Waals surface area contributed by atoms with Gasteiger partial charge in [-0.2, -0.15) is 0 Å². The number of thioether (sulfide) groups is 1. The van der Waals surface area contributed by atoms with Crippen LogP contribution in [0.4, 0.5) is 5.13 Å². The maximum absolute atomic E-state index is 13.5. The highest BCUT2D eigenvalue weighted by molar-refractivity contribution is 8.00. The zero-order chi connectivity index (χ0) is 29.1. The van der Waals surface area contributed by atoms with Gasteiger partial charge in [0.05, 0.1) is 18.7 Å². The molecule has 8 nitrogen and oxygen atoms in total. The van der Waals surface area contributed by atoms with Gasteiger partial charge in [0.25, 0.3) is 5.91 Å². The zero-order valence-corrected chi connectivity index (χ0v) is 24.5. The van der Waals surface area contributed by atoms with Crippen molar-refractivity contribution < 1.29 is 24.5 Å². The molecule has 0 aliphatic carbocycles. The smallest absolute Gasteiger partial charge is 0.296 e. The molecule has 3 aromatic carbocycles. The number of carbonyl (C=O) groups excluding carboxylic acids is 2. The molecule has 208 valence electrons. The van der Waals surface area contributed by atoms with Gasteiger partial charge in [-0.15, -0.1) is 10.2 Å². The van der Waals surface area contributed by atoms with Crippen LogP contribution in [-0.2, 0) is 15.3 Å². The molecule has 2 heterocycles. The summed E-state index contributed by atoms with van der Waals surface area (Å²) in [5, 5.41) is 30.8. The van der Waals surface area contributed by atoms with Gasteiger partial charge in [0.15, 0.2) is 27.4 Å². The van der Waals surface area contributed by atoms with Crippen molar-refractivity contribution in [2.24, 2.45) is 0 Å². The molecule has 4 aromatic rings. The fraction of sp³-hybridized carbons (Fsp3) is 0.103. The summed E-state index contributed by atoms with van der Waals surface area (Å²) in [6.07, 6.45) is 2.91. The van der Waals surface area contributed by atoms with Crippen LogP contribution in [-0.4, -0.2) is 39.2 Å². The molecule has 1 atom stereocenters. The van der Waals surface area contributed by atoms with Gasteiger partial charge in [-0.05, 0) is 47.0 Å². The first-order valence-electron chi connectivity index (χ1n) is 12.1. The molecule has 0 bridgehead atoms. The summed E-state index contributed by atoms with van der Waals surface area (Å²) in [5.74, 6) is -1.55. The maximum Gasteiger partial charge on any atom is 0.296 e. The Balaban J connectivity index is 1.49. The number of hydrogen-bond acceptors (Lipinski definition) is 9. The fourth-order valence-electron chi connectivity index (χ4n) is 4.20. The van der Waals surface area contributed by atoms with E-state index in [9.17, 15) is 19.8 Å². The first-order valence-corrected chi connectivity index (χ1v) is 14.6. The number of rotatable bonds is 9. The molecule has 0 saturated heterocycles. The number of anilines is 1. The van der Waals surface area contributed by atoms with Crippen LogP contribution in [0.1, 0.15) is 22.7 Å². The number of methoxy groups -OCH3 is 1. The third kappa shape index (κ3) is 6.11. The summed E-state index contributed by atoms with van der Waals surface area (Å²) >= 11 is 14.8. The van der Waals surface area contributed by atoms with Gasteiger partial charge < -0.3 is 14.9 Å². The monoisotopic (exact) mass is 625 g/mol. The summed E-state index contributed by atoms with van der Waals surface area (Å²) in [6.45, 7) is 0. The van der Waals surface area contributed by atoms with Crippen molar-refractivity contribution in [1.29, 1.82) is 0 Å². The zero-order valence-electron chi connectivity index (χ0n) is 21.3. The molecule has 0 saturated carbocycles. The molecule has 1 aliphatic rings. The number of allylic oxidation sites excluding steroid dienone is 1. The van der Waals surface area contributed by atoms with Crippen LogP contribution in [0.5, 0.6) is 11.5 Å². The van der Waals surface area contributed by atoms with Crippen LogP contribution >= 0.6 is 46.3 Å². The average molecular weight is 627 g/mol. The Kier molecular flexibility index (Phi) is 8.65. The van der Waals surface area contributed by atoms with Crippen molar-refractivity contribution in [3.63, 3.8) is 0 Å². The van der Waals surface area contributed by atoms with Crippen molar-refractivity contribution >= 4 is 69.2 Å². The SMILES string of the molecule is COc1cc(C2C(C(=O)/C=C/c3ccccc3)=C(O)C(=O)N2c2nnc(SCc3ccc(Cl)cc3Cl)s2)ccc1O. The number of ketones is 1. The molecule has 5 rings (SSSR count). The fourth-order valence-corrected chi connectivity index (χ4v) is 6.62. The number of aliphatic hydroxyl groups excluding tert-OH is 1. The molecule has 1 amide bonds. The molecule has 41 heavy (non-hydrogen) atoms. The Bertz CT molecular complexity index is 1690. The van der Waals surface area contributed by atoms with Crippen LogP contribution < -0.4 is 9.64 Å². The Morgan fingerprint density at radius 2 is 1.88 bits per heavy atom. The largest absolute Gasteiger partial charge is 0.504 e. The lowest BCUT2D eigenvalue weighted by Gasteiger charge is -2.24. The highest BCUT2D eigenvalue weighted by atomic mass is 35.5. The molecule has 1 unspecified atom stereocenters. The van der Waals surface area contributed by atoms with Gasteiger partial charge in [0.2, 0.25) is 5.13 Å². The third-order valence-corrected chi connectivity index (χ3v) is 8.88. The first-order chi connectivity index (χ1) is 19.8. The minimum Gasteiger partial charge on any atom is -0.504 e. The van der Waals surface area contributed by atoms with E-state index in [0.29, 0.717) is 25.7 Å². The van der Waals surface area contributed by atoms with Crippen molar-refractivity contribution in [1.82, 2.24) is 10.2 Å². The number of phenolic OH excluding ortho intramolecular Hbond substituents is 1. The number of benzene rings is 3. The number of aromatic nitrogens is 2. The lowest BCUT2D eigenvalue weighted by atomic mass is 9.95. The predicted molar refractivity (Wildman–Crippen MR) is 161 cm³/mol. The number of halogens is 2. The highest BCUT2D eigenvalue weighted by Crippen LogP contribution is 2.45. The van der Waals surface area contributed by atoms with Crippen LogP contribution in [0.3, 0.4) is 0 Å². The van der Waals surface area contributed by atoms with E-state index in [1.165, 1.54) is 42.0 Å². The molecule has 1 aliphatic heterocycles. The van der Waals surface area contributed by atoms with Gasteiger partial charge in [0.1, 0.15) is 0 Å². The van der Waals surface area contributed by atoms with Gasteiger partial charge in [0, 0.05) is 15.8 Å². The number of hydrogen-bond donors (Lipinski definition) is 2. The lowest BCUT2D eigenvalue weighted by molar-refractivity contribution is -0.117. The predicted octanol–water partition coefficient (Wildman–Crippen LogP) is 7.03. The average Bonchev–Trinajstić information content (AvgIpc) is 3.54. The van der Waals surface area contributed by atoms with Crippen LogP contribution in [0.15, 0.2) is 88.5 Å². The number of phenols is 1. The van der Waals surface area contributed by atoms with Crippen LogP contribution in [0.2, 0.25) is 10.0 Å². The summed E-state index contributed by atoms with van der Waals surface area (Å²) in [4.78, 5) is 28.1. The normalized spacial score (nSPS) is 15.2. The van der Waals surface area contributed by atoms with Gasteiger partial charge >= 0.3 is 0 Å². The molecule has 0 fully saturated rings. The Morgan fingerprint density at radius 3 is 2.61 bits per heavy atom. The summed E-state index contributed by atoms with van der Waals surface area (Å²) < 4.78 is 5.80. The van der Waals surface area contributed by atoms with Crippen LogP contribution in [0, 0.1) is 0 Å². The number of amides is 1. The van der Waals surface area contributed by atoms with E-state index in [0.717, 1.165) is 22.5 Å². The van der Waals surface area contributed by atoms with Crippen molar-refractivity contribution in [3.8, 4) is 11.5 Å². The molecule has 0 spiro atoms. The van der Waals surface area contributed by atoms with E-state index in [2.05, 4.69) is 10.2 Å². The molecule has 0 radical (unpaired) electrons. The minimum absolute atomic E-state index is 0.118.